The van der Waals surface area contributed by atoms with Crippen molar-refractivity contribution in [3.05, 3.63) is 34.9 Å². The number of nitrogens with zero attached hydrogens (tertiary/aromatic N) is 2. The van der Waals surface area contributed by atoms with Gasteiger partial charge in [-0.05, 0) is 49.8 Å². The van der Waals surface area contributed by atoms with Crippen LogP contribution in [0.2, 0.25) is 0 Å². The van der Waals surface area contributed by atoms with E-state index in [-0.39, 0.29) is 22.9 Å². The minimum atomic E-state index is -0.249. The highest BCUT2D eigenvalue weighted by Crippen LogP contribution is 2.24. The van der Waals surface area contributed by atoms with Crippen molar-refractivity contribution in [1.29, 1.82) is 0 Å². The Morgan fingerprint density at radius 3 is 2.00 bits per heavy atom. The number of aryl methyl sites for hydroxylation is 1. The van der Waals surface area contributed by atoms with E-state index in [1.165, 1.54) is 11.1 Å². The summed E-state index contributed by atoms with van der Waals surface area (Å²) in [4.78, 5) is 28.6. The van der Waals surface area contributed by atoms with Gasteiger partial charge < -0.3 is 15.1 Å². The van der Waals surface area contributed by atoms with Gasteiger partial charge in [-0.2, -0.15) is 0 Å². The van der Waals surface area contributed by atoms with Crippen LogP contribution in [0.3, 0.4) is 0 Å². The van der Waals surface area contributed by atoms with Gasteiger partial charge in [-0.25, -0.2) is 4.79 Å². The molecular formula is C22H35N3O2. The molecule has 0 spiro atoms. The molecule has 0 unspecified atom stereocenters. The van der Waals surface area contributed by atoms with Gasteiger partial charge in [0.05, 0.1) is 6.42 Å². The summed E-state index contributed by atoms with van der Waals surface area (Å²) >= 11 is 0. The molecule has 1 aliphatic heterocycles. The summed E-state index contributed by atoms with van der Waals surface area (Å²) in [6, 6.07) is 6.35. The largest absolute Gasteiger partial charge is 0.339 e. The highest BCUT2D eigenvalue weighted by molar-refractivity contribution is 5.80. The zero-order chi connectivity index (χ0) is 20.4. The van der Waals surface area contributed by atoms with Crippen LogP contribution in [0.25, 0.3) is 0 Å². The normalized spacial score (nSPS) is 15.7. The van der Waals surface area contributed by atoms with Gasteiger partial charge in [-0.3, -0.25) is 4.79 Å². The Bertz CT molecular complexity index is 690. The van der Waals surface area contributed by atoms with E-state index in [1.807, 2.05) is 25.7 Å². The second-order valence-corrected chi connectivity index (χ2v) is 9.62. The summed E-state index contributed by atoms with van der Waals surface area (Å²) in [5.41, 5.74) is 3.40. The molecule has 1 saturated heterocycles. The molecule has 1 aliphatic rings. The number of benzene rings is 1. The van der Waals surface area contributed by atoms with E-state index in [0.29, 0.717) is 32.6 Å². The summed E-state index contributed by atoms with van der Waals surface area (Å²) in [7, 11) is 0. The number of urea groups is 1. The van der Waals surface area contributed by atoms with E-state index in [0.717, 1.165) is 5.56 Å². The van der Waals surface area contributed by atoms with E-state index >= 15 is 0 Å². The molecule has 27 heavy (non-hydrogen) atoms. The molecule has 2 rings (SSSR count). The Hall–Kier alpha value is -2.04. The van der Waals surface area contributed by atoms with Crippen molar-refractivity contribution in [2.24, 2.45) is 0 Å². The maximum atomic E-state index is 12.7. The average molecular weight is 374 g/mol. The third-order valence-corrected chi connectivity index (χ3v) is 4.95. The van der Waals surface area contributed by atoms with Crippen molar-refractivity contribution < 1.29 is 9.59 Å². The predicted octanol–water partition coefficient (Wildman–Crippen LogP) is 3.49. The number of amides is 3. The molecule has 0 aromatic heterocycles. The minimum absolute atomic E-state index is 0.0526. The van der Waals surface area contributed by atoms with Crippen molar-refractivity contribution >= 4 is 11.9 Å². The Labute approximate surface area is 164 Å². The molecule has 1 aromatic carbocycles. The van der Waals surface area contributed by atoms with Crippen LogP contribution in [-0.2, 0) is 16.6 Å². The fourth-order valence-corrected chi connectivity index (χ4v) is 3.19. The predicted molar refractivity (Wildman–Crippen MR) is 110 cm³/mol. The first-order valence-electron chi connectivity index (χ1n) is 9.82. The summed E-state index contributed by atoms with van der Waals surface area (Å²) in [6.07, 6.45) is 0.421. The lowest BCUT2D eigenvalue weighted by atomic mass is 9.85. The lowest BCUT2D eigenvalue weighted by molar-refractivity contribution is -0.131. The maximum Gasteiger partial charge on any atom is 0.317 e. The lowest BCUT2D eigenvalue weighted by Gasteiger charge is -2.36. The highest BCUT2D eigenvalue weighted by atomic mass is 16.2. The molecule has 0 aliphatic carbocycles. The lowest BCUT2D eigenvalue weighted by Crippen LogP contribution is -2.56. The Morgan fingerprint density at radius 2 is 1.52 bits per heavy atom. The quantitative estimate of drug-likeness (QED) is 0.863. The monoisotopic (exact) mass is 373 g/mol. The molecule has 1 fully saturated rings. The molecule has 1 aromatic rings. The van der Waals surface area contributed by atoms with Crippen molar-refractivity contribution in [1.82, 2.24) is 15.1 Å². The van der Waals surface area contributed by atoms with Crippen LogP contribution in [-0.4, -0.2) is 53.5 Å². The van der Waals surface area contributed by atoms with E-state index in [1.54, 1.807) is 4.90 Å². The molecule has 0 bridgehead atoms. The first-order chi connectivity index (χ1) is 12.4. The van der Waals surface area contributed by atoms with Crippen LogP contribution in [0.15, 0.2) is 18.2 Å². The van der Waals surface area contributed by atoms with Crippen LogP contribution in [0.5, 0.6) is 0 Å². The molecule has 0 atom stereocenters. The summed E-state index contributed by atoms with van der Waals surface area (Å²) < 4.78 is 0. The highest BCUT2D eigenvalue weighted by Gasteiger charge is 2.26. The molecule has 0 saturated carbocycles. The second kappa shape index (κ2) is 7.91. The minimum Gasteiger partial charge on any atom is -0.339 e. The molecule has 5 heteroatoms. The van der Waals surface area contributed by atoms with Crippen molar-refractivity contribution in [3.8, 4) is 0 Å². The van der Waals surface area contributed by atoms with E-state index in [9.17, 15) is 9.59 Å². The van der Waals surface area contributed by atoms with Gasteiger partial charge in [0.15, 0.2) is 0 Å². The number of hydrogen-bond donors (Lipinski definition) is 1. The maximum absolute atomic E-state index is 12.7. The Morgan fingerprint density at radius 1 is 0.963 bits per heavy atom. The van der Waals surface area contributed by atoms with Gasteiger partial charge in [-0.1, -0.05) is 39.0 Å². The molecular weight excluding hydrogens is 338 g/mol. The Kier molecular flexibility index (Phi) is 6.23. The molecule has 0 radical (unpaired) electrons. The Balaban J connectivity index is 1.92. The fourth-order valence-electron chi connectivity index (χ4n) is 3.19. The second-order valence-electron chi connectivity index (χ2n) is 9.62. The van der Waals surface area contributed by atoms with Gasteiger partial charge >= 0.3 is 6.03 Å². The van der Waals surface area contributed by atoms with Crippen LogP contribution in [0, 0.1) is 6.92 Å². The van der Waals surface area contributed by atoms with Crippen LogP contribution >= 0.6 is 0 Å². The summed E-state index contributed by atoms with van der Waals surface area (Å²) in [5.74, 6) is 0.137. The van der Waals surface area contributed by atoms with Crippen molar-refractivity contribution in [2.45, 2.75) is 65.8 Å². The molecule has 150 valence electrons. The topological polar surface area (TPSA) is 52.7 Å². The summed E-state index contributed by atoms with van der Waals surface area (Å²) in [6.45, 7) is 16.9. The third-order valence-electron chi connectivity index (χ3n) is 4.95. The number of nitrogens with one attached hydrogen (secondary N) is 1. The van der Waals surface area contributed by atoms with Crippen LogP contribution in [0.4, 0.5) is 4.79 Å². The number of piperazine rings is 1. The van der Waals surface area contributed by atoms with Gasteiger partial charge in [-0.15, -0.1) is 0 Å². The number of rotatable bonds is 2. The summed E-state index contributed by atoms with van der Waals surface area (Å²) in [5, 5.41) is 2.98. The third kappa shape index (κ3) is 5.98. The SMILES string of the molecule is Cc1cc(C(C)(C)C)ccc1CC(=O)N1CCN(C(=O)NC(C)(C)C)CC1. The van der Waals surface area contributed by atoms with Gasteiger partial charge in [0.1, 0.15) is 0 Å². The molecule has 3 amide bonds. The van der Waals surface area contributed by atoms with Gasteiger partial charge in [0.25, 0.3) is 0 Å². The molecule has 1 heterocycles. The molecule has 5 nitrogen and oxygen atoms in total. The van der Waals surface area contributed by atoms with Crippen molar-refractivity contribution in [3.63, 3.8) is 0 Å². The first kappa shape index (κ1) is 21.3. The fraction of sp³-hybridized carbons (Fsp3) is 0.636. The smallest absolute Gasteiger partial charge is 0.317 e. The number of carbonyl (C=O) groups excluding carboxylic acids is 2. The standard InChI is InChI=1S/C22H35N3O2/c1-16-14-18(21(2,3)4)9-8-17(16)15-19(26)24-10-12-25(13-11-24)20(27)23-22(5,6)7/h8-9,14H,10-13,15H2,1-7H3,(H,23,27). The van der Waals surface area contributed by atoms with E-state index in [2.05, 4.69) is 51.2 Å². The number of carbonyl (C=O) groups is 2. The first-order valence-corrected chi connectivity index (χ1v) is 9.82. The molecule has 1 N–H and O–H groups in total. The van der Waals surface area contributed by atoms with E-state index in [4.69, 9.17) is 0 Å². The van der Waals surface area contributed by atoms with Crippen molar-refractivity contribution in [2.75, 3.05) is 26.2 Å². The zero-order valence-corrected chi connectivity index (χ0v) is 18.0. The van der Waals surface area contributed by atoms with Gasteiger partial charge in [0, 0.05) is 31.7 Å². The van der Waals surface area contributed by atoms with E-state index < -0.39 is 0 Å². The zero-order valence-electron chi connectivity index (χ0n) is 18.0. The van der Waals surface area contributed by atoms with Crippen LogP contribution < -0.4 is 5.32 Å². The average Bonchev–Trinajstić information content (AvgIpc) is 2.54. The number of hydrogen-bond acceptors (Lipinski definition) is 2. The van der Waals surface area contributed by atoms with Gasteiger partial charge in [0.2, 0.25) is 5.91 Å². The van der Waals surface area contributed by atoms with Crippen LogP contribution in [0.1, 0.15) is 58.2 Å².